The van der Waals surface area contributed by atoms with Gasteiger partial charge in [-0.2, -0.15) is 5.26 Å². The van der Waals surface area contributed by atoms with Crippen LogP contribution in [0.25, 0.3) is 0 Å². The van der Waals surface area contributed by atoms with E-state index in [0.717, 1.165) is 0 Å². The number of nitriles is 1. The topological polar surface area (TPSA) is 61.6 Å². The third kappa shape index (κ3) is 2.42. The molecule has 1 N–H and O–H groups in total. The molecule has 0 spiro atoms. The van der Waals surface area contributed by atoms with Crippen molar-refractivity contribution in [2.45, 2.75) is 0 Å². The summed E-state index contributed by atoms with van der Waals surface area (Å²) < 4.78 is 13.8. The number of aromatic nitrogens is 2. The Hall–Kier alpha value is -1.71. The molecule has 0 radical (unpaired) electrons. The van der Waals surface area contributed by atoms with Crippen LogP contribution in [0.15, 0.2) is 29.0 Å². The van der Waals surface area contributed by atoms with Gasteiger partial charge in [0.25, 0.3) is 0 Å². The molecular formula is C11H5BrClFN4. The molecule has 1 aromatic heterocycles. The van der Waals surface area contributed by atoms with Gasteiger partial charge in [-0.3, -0.25) is 0 Å². The van der Waals surface area contributed by atoms with E-state index >= 15 is 0 Å². The lowest BCUT2D eigenvalue weighted by molar-refractivity contribution is 0.624. The van der Waals surface area contributed by atoms with Gasteiger partial charge in [-0.1, -0.05) is 17.7 Å². The van der Waals surface area contributed by atoms with Gasteiger partial charge < -0.3 is 5.32 Å². The van der Waals surface area contributed by atoms with Crippen LogP contribution in [-0.4, -0.2) is 9.97 Å². The average Bonchev–Trinajstić information content (AvgIpc) is 2.35. The molecule has 1 aromatic carbocycles. The second kappa shape index (κ2) is 5.29. The molecule has 0 aliphatic heterocycles. The predicted molar refractivity (Wildman–Crippen MR) is 69.1 cm³/mol. The maximum atomic E-state index is 13.4. The average molecular weight is 328 g/mol. The second-order valence-electron chi connectivity index (χ2n) is 3.23. The SMILES string of the molecule is N#Cc1c(F)cccc1Nc1ncnc(Cl)c1Br. The molecule has 0 fully saturated rings. The summed E-state index contributed by atoms with van der Waals surface area (Å²) in [6, 6.07) is 6.07. The monoisotopic (exact) mass is 326 g/mol. The second-order valence-corrected chi connectivity index (χ2v) is 4.38. The molecular weight excluding hydrogens is 323 g/mol. The number of halogens is 3. The van der Waals surface area contributed by atoms with Crippen molar-refractivity contribution in [3.8, 4) is 6.07 Å². The van der Waals surface area contributed by atoms with Crippen LogP contribution in [0.2, 0.25) is 5.15 Å². The van der Waals surface area contributed by atoms with Crippen LogP contribution in [0.1, 0.15) is 5.56 Å². The summed E-state index contributed by atoms with van der Waals surface area (Å²) in [6.07, 6.45) is 1.26. The standard InChI is InChI=1S/C11H5BrClFN4/c12-9-10(13)16-5-17-11(9)18-8-3-1-2-7(14)6(8)4-15/h1-3,5H,(H,16,17,18). The molecule has 0 aliphatic carbocycles. The molecule has 2 rings (SSSR count). The number of benzene rings is 1. The lowest BCUT2D eigenvalue weighted by Crippen LogP contribution is -1.99. The number of hydrogen-bond acceptors (Lipinski definition) is 4. The summed E-state index contributed by atoms with van der Waals surface area (Å²) in [5, 5.41) is 12.0. The Balaban J connectivity index is 2.44. The Bertz CT molecular complexity index is 641. The Morgan fingerprint density at radius 2 is 2.17 bits per heavy atom. The van der Waals surface area contributed by atoms with Crippen molar-refractivity contribution < 1.29 is 4.39 Å². The van der Waals surface area contributed by atoms with E-state index in [1.165, 1.54) is 18.5 Å². The van der Waals surface area contributed by atoms with Gasteiger partial charge in [0, 0.05) is 0 Å². The summed E-state index contributed by atoms with van der Waals surface area (Å²) in [7, 11) is 0. The summed E-state index contributed by atoms with van der Waals surface area (Å²) in [6.45, 7) is 0. The molecule has 1 heterocycles. The Labute approximate surface area is 116 Å². The molecule has 4 nitrogen and oxygen atoms in total. The van der Waals surface area contributed by atoms with E-state index < -0.39 is 5.82 Å². The third-order valence-corrected chi connectivity index (χ3v) is 3.39. The van der Waals surface area contributed by atoms with E-state index in [2.05, 4.69) is 31.2 Å². The number of nitrogens with zero attached hydrogens (tertiary/aromatic N) is 3. The molecule has 0 unspecified atom stereocenters. The van der Waals surface area contributed by atoms with Crippen LogP contribution in [0.3, 0.4) is 0 Å². The van der Waals surface area contributed by atoms with Gasteiger partial charge in [0.1, 0.15) is 34.7 Å². The molecule has 0 amide bonds. The molecule has 0 aliphatic rings. The van der Waals surface area contributed by atoms with Crippen molar-refractivity contribution in [3.63, 3.8) is 0 Å². The quantitative estimate of drug-likeness (QED) is 0.855. The van der Waals surface area contributed by atoms with Crippen molar-refractivity contribution in [1.82, 2.24) is 9.97 Å². The summed E-state index contributed by atoms with van der Waals surface area (Å²) in [4.78, 5) is 7.72. The van der Waals surface area contributed by atoms with E-state index in [1.54, 1.807) is 12.1 Å². The molecule has 0 atom stereocenters. The Kier molecular flexibility index (Phi) is 3.75. The highest BCUT2D eigenvalue weighted by Gasteiger charge is 2.11. The van der Waals surface area contributed by atoms with Gasteiger partial charge in [-0.25, -0.2) is 14.4 Å². The van der Waals surface area contributed by atoms with E-state index in [-0.39, 0.29) is 10.7 Å². The van der Waals surface area contributed by atoms with Crippen LogP contribution in [0.4, 0.5) is 15.9 Å². The van der Waals surface area contributed by atoms with Gasteiger partial charge >= 0.3 is 0 Å². The van der Waals surface area contributed by atoms with Crippen LogP contribution >= 0.6 is 27.5 Å². The van der Waals surface area contributed by atoms with Gasteiger partial charge in [0.15, 0.2) is 0 Å². The molecule has 7 heteroatoms. The van der Waals surface area contributed by atoms with Crippen molar-refractivity contribution in [1.29, 1.82) is 5.26 Å². The summed E-state index contributed by atoms with van der Waals surface area (Å²) in [5.74, 6) is -0.240. The molecule has 18 heavy (non-hydrogen) atoms. The molecule has 90 valence electrons. The van der Waals surface area contributed by atoms with Gasteiger partial charge in [0.05, 0.1) is 10.2 Å². The van der Waals surface area contributed by atoms with Crippen LogP contribution in [0.5, 0.6) is 0 Å². The normalized spacial score (nSPS) is 9.89. The van der Waals surface area contributed by atoms with Crippen molar-refractivity contribution >= 4 is 39.0 Å². The first-order valence-corrected chi connectivity index (χ1v) is 5.92. The molecule has 2 aromatic rings. The molecule has 0 bridgehead atoms. The van der Waals surface area contributed by atoms with E-state index in [1.807, 2.05) is 0 Å². The fourth-order valence-electron chi connectivity index (χ4n) is 1.30. The smallest absolute Gasteiger partial charge is 0.149 e. The minimum Gasteiger partial charge on any atom is -0.338 e. The third-order valence-electron chi connectivity index (χ3n) is 2.13. The van der Waals surface area contributed by atoms with Crippen molar-refractivity contribution in [2.75, 3.05) is 5.32 Å². The Morgan fingerprint density at radius 1 is 1.39 bits per heavy atom. The maximum absolute atomic E-state index is 13.4. The number of anilines is 2. The van der Waals surface area contributed by atoms with Gasteiger partial charge in [-0.05, 0) is 28.1 Å². The lowest BCUT2D eigenvalue weighted by Gasteiger charge is -2.09. The van der Waals surface area contributed by atoms with E-state index in [0.29, 0.717) is 16.0 Å². The first kappa shape index (κ1) is 12.7. The number of hydrogen-bond donors (Lipinski definition) is 1. The van der Waals surface area contributed by atoms with Crippen LogP contribution in [0, 0.1) is 17.1 Å². The van der Waals surface area contributed by atoms with Crippen LogP contribution < -0.4 is 5.32 Å². The summed E-state index contributed by atoms with van der Waals surface area (Å²) in [5.41, 5.74) is 0.229. The van der Waals surface area contributed by atoms with Crippen molar-refractivity contribution in [2.24, 2.45) is 0 Å². The van der Waals surface area contributed by atoms with Gasteiger partial charge in [-0.15, -0.1) is 0 Å². The minimum absolute atomic E-state index is 0.0841. The zero-order chi connectivity index (χ0) is 13.1. The first-order valence-electron chi connectivity index (χ1n) is 4.75. The van der Waals surface area contributed by atoms with Gasteiger partial charge in [0.2, 0.25) is 0 Å². The fourth-order valence-corrected chi connectivity index (χ4v) is 1.74. The Morgan fingerprint density at radius 3 is 2.89 bits per heavy atom. The first-order chi connectivity index (χ1) is 8.63. The number of nitrogens with one attached hydrogen (secondary N) is 1. The zero-order valence-corrected chi connectivity index (χ0v) is 11.1. The highest BCUT2D eigenvalue weighted by atomic mass is 79.9. The lowest BCUT2D eigenvalue weighted by atomic mass is 10.2. The minimum atomic E-state index is -0.598. The van der Waals surface area contributed by atoms with Crippen LogP contribution in [-0.2, 0) is 0 Å². The summed E-state index contributed by atoms with van der Waals surface area (Å²) >= 11 is 9.01. The fraction of sp³-hybridized carbons (Fsp3) is 0. The highest BCUT2D eigenvalue weighted by Crippen LogP contribution is 2.30. The van der Waals surface area contributed by atoms with E-state index in [9.17, 15) is 4.39 Å². The largest absolute Gasteiger partial charge is 0.338 e. The predicted octanol–water partition coefficient (Wildman–Crippen LogP) is 3.65. The zero-order valence-electron chi connectivity index (χ0n) is 8.78. The molecule has 0 saturated carbocycles. The van der Waals surface area contributed by atoms with Crippen molar-refractivity contribution in [3.05, 3.63) is 45.5 Å². The van der Waals surface area contributed by atoms with E-state index in [4.69, 9.17) is 16.9 Å². The maximum Gasteiger partial charge on any atom is 0.149 e. The number of rotatable bonds is 2. The molecule has 0 saturated heterocycles. The highest BCUT2D eigenvalue weighted by molar-refractivity contribution is 9.10.